The summed E-state index contributed by atoms with van der Waals surface area (Å²) in [6.45, 7) is 2.21. The number of hydrogen-bond acceptors (Lipinski definition) is 3. The van der Waals surface area contributed by atoms with Crippen molar-refractivity contribution in [3.63, 3.8) is 0 Å². The summed E-state index contributed by atoms with van der Waals surface area (Å²) in [5.41, 5.74) is 2.58. The number of thiophene rings is 1. The lowest BCUT2D eigenvalue weighted by atomic mass is 10.1. The summed E-state index contributed by atoms with van der Waals surface area (Å²) in [5.74, 6) is -0.325. The fraction of sp³-hybridized carbons (Fsp3) is 0.300. The van der Waals surface area contributed by atoms with Crippen LogP contribution in [0.1, 0.15) is 63.8 Å². The van der Waals surface area contributed by atoms with E-state index in [4.69, 9.17) is 0 Å². The maximum atomic E-state index is 12.5. The van der Waals surface area contributed by atoms with Crippen molar-refractivity contribution in [1.82, 2.24) is 0 Å². The molecule has 0 N–H and O–H groups in total. The molecule has 0 fully saturated rings. The average Bonchev–Trinajstić information content (AvgIpc) is 3.05. The van der Waals surface area contributed by atoms with Crippen LogP contribution in [-0.4, -0.2) is 11.6 Å². The van der Waals surface area contributed by atoms with E-state index in [2.05, 4.69) is 28.9 Å². The fourth-order valence-corrected chi connectivity index (χ4v) is 4.71. The van der Waals surface area contributed by atoms with E-state index in [1.807, 2.05) is 0 Å². The molecular weight excluding hydrogens is 384 g/mol. The van der Waals surface area contributed by atoms with E-state index in [1.54, 1.807) is 41.7 Å². The number of carbonyl (C=O) groups excluding carboxylic acids is 2. The molecule has 4 heteroatoms. The van der Waals surface area contributed by atoms with Gasteiger partial charge in [-0.2, -0.15) is 0 Å². The Bertz CT molecular complexity index is 780. The van der Waals surface area contributed by atoms with Gasteiger partial charge in [0.05, 0.1) is 9.36 Å². The summed E-state index contributed by atoms with van der Waals surface area (Å²) >= 11 is 5.20. The van der Waals surface area contributed by atoms with E-state index in [1.165, 1.54) is 31.2 Å². The number of rotatable bonds is 6. The SMILES string of the molecule is CCCCCCc1cc(C=C2C(=O)c3ccccc3C2=O)sc1Br. The molecule has 0 unspecified atom stereocenters. The molecule has 0 bridgehead atoms. The molecule has 1 heterocycles. The number of hydrogen-bond donors (Lipinski definition) is 0. The van der Waals surface area contributed by atoms with Gasteiger partial charge in [0, 0.05) is 16.0 Å². The zero-order chi connectivity index (χ0) is 17.1. The molecule has 0 saturated heterocycles. The Hall–Kier alpha value is -1.52. The molecule has 0 spiro atoms. The van der Waals surface area contributed by atoms with Crippen LogP contribution in [0, 0.1) is 0 Å². The molecular formula is C20H19BrO2S. The highest BCUT2D eigenvalue weighted by Crippen LogP contribution is 2.33. The fourth-order valence-electron chi connectivity index (χ4n) is 2.96. The van der Waals surface area contributed by atoms with Crippen molar-refractivity contribution < 1.29 is 9.59 Å². The lowest BCUT2D eigenvalue weighted by Gasteiger charge is -1.98. The minimum atomic E-state index is -0.162. The molecule has 2 nitrogen and oxygen atoms in total. The molecule has 0 radical (unpaired) electrons. The number of Topliss-reactive ketones (excluding diaryl/α,β-unsaturated/α-hetero) is 2. The van der Waals surface area contributed by atoms with Gasteiger partial charge in [0.15, 0.2) is 11.6 Å². The number of ketones is 2. The summed E-state index contributed by atoms with van der Waals surface area (Å²) in [6, 6.07) is 9.13. The number of benzene rings is 1. The highest BCUT2D eigenvalue weighted by molar-refractivity contribution is 9.11. The van der Waals surface area contributed by atoms with Gasteiger partial charge in [-0.25, -0.2) is 0 Å². The van der Waals surface area contributed by atoms with E-state index in [0.29, 0.717) is 11.1 Å². The van der Waals surface area contributed by atoms with Crippen molar-refractivity contribution in [3.8, 4) is 0 Å². The summed E-state index contributed by atoms with van der Waals surface area (Å²) in [4.78, 5) is 25.9. The van der Waals surface area contributed by atoms with Gasteiger partial charge < -0.3 is 0 Å². The first kappa shape index (κ1) is 17.3. The van der Waals surface area contributed by atoms with Crippen LogP contribution in [0.5, 0.6) is 0 Å². The van der Waals surface area contributed by atoms with Gasteiger partial charge in [-0.15, -0.1) is 11.3 Å². The van der Waals surface area contributed by atoms with E-state index >= 15 is 0 Å². The first-order valence-electron chi connectivity index (χ1n) is 8.30. The molecule has 0 atom stereocenters. The number of aryl methyl sites for hydroxylation is 1. The van der Waals surface area contributed by atoms with Crippen LogP contribution in [0.3, 0.4) is 0 Å². The average molecular weight is 403 g/mol. The van der Waals surface area contributed by atoms with Crippen molar-refractivity contribution in [3.05, 3.63) is 61.3 Å². The standard InChI is InChI=1S/C20H19BrO2S/c1-2-3-4-5-8-13-11-14(24-20(13)21)12-17-18(22)15-9-6-7-10-16(15)19(17)23/h6-7,9-12H,2-5,8H2,1H3. The third kappa shape index (κ3) is 3.45. The number of allylic oxidation sites excluding steroid dienone is 1. The van der Waals surface area contributed by atoms with Crippen molar-refractivity contribution in [1.29, 1.82) is 0 Å². The van der Waals surface area contributed by atoms with E-state index in [0.717, 1.165) is 15.1 Å². The molecule has 1 aliphatic carbocycles. The second-order valence-electron chi connectivity index (χ2n) is 6.02. The Labute approximate surface area is 154 Å². The van der Waals surface area contributed by atoms with E-state index < -0.39 is 0 Å². The Morgan fingerprint density at radius 3 is 2.33 bits per heavy atom. The Morgan fingerprint density at radius 2 is 1.71 bits per heavy atom. The molecule has 0 saturated carbocycles. The van der Waals surface area contributed by atoms with Crippen LogP contribution in [-0.2, 0) is 6.42 Å². The van der Waals surface area contributed by atoms with Gasteiger partial charge in [-0.05, 0) is 46.5 Å². The van der Waals surface area contributed by atoms with Crippen molar-refractivity contribution >= 4 is 44.9 Å². The minimum Gasteiger partial charge on any atom is -0.288 e. The third-order valence-electron chi connectivity index (χ3n) is 4.27. The molecule has 2 aromatic rings. The Morgan fingerprint density at radius 1 is 1.04 bits per heavy atom. The maximum absolute atomic E-state index is 12.5. The molecule has 1 aromatic carbocycles. The van der Waals surface area contributed by atoms with Crippen LogP contribution < -0.4 is 0 Å². The monoisotopic (exact) mass is 402 g/mol. The maximum Gasteiger partial charge on any atom is 0.197 e. The zero-order valence-corrected chi connectivity index (χ0v) is 16.0. The number of unbranched alkanes of at least 4 members (excludes halogenated alkanes) is 3. The predicted molar refractivity (Wildman–Crippen MR) is 103 cm³/mol. The second-order valence-corrected chi connectivity index (χ2v) is 8.42. The molecule has 1 aromatic heterocycles. The van der Waals surface area contributed by atoms with Crippen LogP contribution in [0.15, 0.2) is 39.7 Å². The van der Waals surface area contributed by atoms with Gasteiger partial charge in [0.25, 0.3) is 0 Å². The smallest absolute Gasteiger partial charge is 0.197 e. The van der Waals surface area contributed by atoms with Crippen molar-refractivity contribution in [2.75, 3.05) is 0 Å². The quantitative estimate of drug-likeness (QED) is 0.332. The molecule has 0 aliphatic heterocycles. The van der Waals surface area contributed by atoms with Gasteiger partial charge in [0.1, 0.15) is 0 Å². The van der Waals surface area contributed by atoms with Gasteiger partial charge in [-0.1, -0.05) is 50.5 Å². The van der Waals surface area contributed by atoms with Crippen LogP contribution >= 0.6 is 27.3 Å². The second kappa shape index (κ2) is 7.58. The Balaban J connectivity index is 1.80. The minimum absolute atomic E-state index is 0.162. The summed E-state index contributed by atoms with van der Waals surface area (Å²) in [7, 11) is 0. The molecule has 3 rings (SSSR count). The number of halogens is 1. The third-order valence-corrected chi connectivity index (χ3v) is 6.18. The molecule has 124 valence electrons. The zero-order valence-electron chi connectivity index (χ0n) is 13.6. The Kier molecular flexibility index (Phi) is 5.47. The predicted octanol–water partition coefficient (Wildman–Crippen LogP) is 6.10. The number of fused-ring (bicyclic) bond motifs is 1. The van der Waals surface area contributed by atoms with Gasteiger partial charge in [0.2, 0.25) is 0 Å². The normalized spacial score (nSPS) is 13.5. The van der Waals surface area contributed by atoms with Gasteiger partial charge in [-0.3, -0.25) is 9.59 Å². The molecule has 24 heavy (non-hydrogen) atoms. The topological polar surface area (TPSA) is 34.1 Å². The summed E-state index contributed by atoms with van der Waals surface area (Å²) < 4.78 is 1.10. The first-order valence-corrected chi connectivity index (χ1v) is 9.91. The molecule has 1 aliphatic rings. The number of carbonyl (C=O) groups is 2. The van der Waals surface area contributed by atoms with Crippen LogP contribution in [0.25, 0.3) is 6.08 Å². The largest absolute Gasteiger partial charge is 0.288 e. The molecule has 0 amide bonds. The van der Waals surface area contributed by atoms with Gasteiger partial charge >= 0.3 is 0 Å². The highest BCUT2D eigenvalue weighted by atomic mass is 79.9. The first-order chi connectivity index (χ1) is 11.6. The lowest BCUT2D eigenvalue weighted by molar-refractivity contribution is 0.0990. The highest BCUT2D eigenvalue weighted by Gasteiger charge is 2.32. The van der Waals surface area contributed by atoms with Crippen LogP contribution in [0.2, 0.25) is 0 Å². The van der Waals surface area contributed by atoms with Crippen LogP contribution in [0.4, 0.5) is 0 Å². The lowest BCUT2D eigenvalue weighted by Crippen LogP contribution is -1.99. The summed E-state index contributed by atoms with van der Waals surface area (Å²) in [5, 5.41) is 0. The van der Waals surface area contributed by atoms with E-state index in [9.17, 15) is 9.59 Å². The van der Waals surface area contributed by atoms with Crippen molar-refractivity contribution in [2.24, 2.45) is 0 Å². The van der Waals surface area contributed by atoms with E-state index in [-0.39, 0.29) is 17.1 Å². The van der Waals surface area contributed by atoms with Crippen molar-refractivity contribution in [2.45, 2.75) is 39.0 Å². The summed E-state index contributed by atoms with van der Waals surface area (Å²) in [6.07, 6.45) is 7.68.